The number of hydrogen-bond acceptors (Lipinski definition) is 4. The molecular weight excluding hydrogens is 412 g/mol. The van der Waals surface area contributed by atoms with Gasteiger partial charge >= 0.3 is 0 Å². The molecular formula is C24H26N2O2S2. The highest BCUT2D eigenvalue weighted by atomic mass is 32.2. The van der Waals surface area contributed by atoms with Gasteiger partial charge in [0.25, 0.3) is 5.91 Å². The number of nitrogens with zero attached hydrogens (tertiary/aromatic N) is 1. The van der Waals surface area contributed by atoms with E-state index in [-0.39, 0.29) is 17.2 Å². The predicted octanol–water partition coefficient (Wildman–Crippen LogP) is 5.08. The van der Waals surface area contributed by atoms with Crippen molar-refractivity contribution in [3.63, 3.8) is 0 Å². The maximum absolute atomic E-state index is 13.3. The van der Waals surface area contributed by atoms with Crippen LogP contribution in [0.4, 0.5) is 0 Å². The fourth-order valence-electron chi connectivity index (χ4n) is 6.23. The molecule has 0 spiro atoms. The van der Waals surface area contributed by atoms with Crippen LogP contribution in [0.5, 0.6) is 0 Å². The van der Waals surface area contributed by atoms with Gasteiger partial charge in [-0.05, 0) is 92.6 Å². The predicted molar refractivity (Wildman–Crippen MR) is 124 cm³/mol. The Balaban J connectivity index is 1.30. The van der Waals surface area contributed by atoms with Crippen LogP contribution >= 0.6 is 24.0 Å². The van der Waals surface area contributed by atoms with E-state index in [2.05, 4.69) is 5.43 Å². The van der Waals surface area contributed by atoms with E-state index in [1.807, 2.05) is 49.4 Å². The highest BCUT2D eigenvalue weighted by molar-refractivity contribution is 8.26. The van der Waals surface area contributed by atoms with Gasteiger partial charge in [-0.3, -0.25) is 15.0 Å². The van der Waals surface area contributed by atoms with Gasteiger partial charge in [0.1, 0.15) is 0 Å². The van der Waals surface area contributed by atoms with Gasteiger partial charge in [0.2, 0.25) is 5.91 Å². The Hall–Kier alpha value is -1.92. The Morgan fingerprint density at radius 1 is 1.13 bits per heavy atom. The molecule has 1 aromatic carbocycles. The van der Waals surface area contributed by atoms with E-state index >= 15 is 0 Å². The third-order valence-corrected chi connectivity index (χ3v) is 8.38. The van der Waals surface area contributed by atoms with E-state index in [1.165, 1.54) is 36.0 Å². The topological polar surface area (TPSA) is 49.4 Å². The summed E-state index contributed by atoms with van der Waals surface area (Å²) in [6.07, 6.45) is 10.6. The van der Waals surface area contributed by atoms with Crippen molar-refractivity contribution in [3.8, 4) is 0 Å². The molecule has 30 heavy (non-hydrogen) atoms. The number of thiocarbonyl (C=S) groups is 1. The molecule has 6 heteroatoms. The van der Waals surface area contributed by atoms with Gasteiger partial charge in [-0.15, -0.1) is 0 Å². The van der Waals surface area contributed by atoms with Crippen molar-refractivity contribution >= 4 is 46.2 Å². The molecule has 6 rings (SSSR count). The SMILES string of the molecule is CC(=C\c1ccccc1)/C=C1/SC(=S)N(NC(=O)C23CC4CC(CC(C4)C2)C3)C1=O. The second-order valence-electron chi connectivity index (χ2n) is 9.45. The number of hydrazine groups is 1. The third-order valence-electron chi connectivity index (χ3n) is 7.08. The molecule has 0 radical (unpaired) electrons. The highest BCUT2D eigenvalue weighted by Gasteiger charge is 2.55. The fourth-order valence-corrected chi connectivity index (χ4v) is 7.46. The molecule has 4 saturated carbocycles. The van der Waals surface area contributed by atoms with Crippen molar-refractivity contribution in [2.45, 2.75) is 45.4 Å². The Labute approximate surface area is 187 Å². The monoisotopic (exact) mass is 438 g/mol. The van der Waals surface area contributed by atoms with Gasteiger partial charge in [-0.25, -0.2) is 0 Å². The number of benzene rings is 1. The van der Waals surface area contributed by atoms with Gasteiger partial charge in [0.15, 0.2) is 4.32 Å². The van der Waals surface area contributed by atoms with Crippen molar-refractivity contribution in [2.24, 2.45) is 23.2 Å². The lowest BCUT2D eigenvalue weighted by Gasteiger charge is -2.55. The largest absolute Gasteiger partial charge is 0.285 e. The van der Waals surface area contributed by atoms with E-state index in [4.69, 9.17) is 12.2 Å². The smallest absolute Gasteiger partial charge is 0.273 e. The number of hydrogen-bond donors (Lipinski definition) is 1. The maximum atomic E-state index is 13.3. The first kappa shape index (κ1) is 20.0. The summed E-state index contributed by atoms with van der Waals surface area (Å²) in [4.78, 5) is 26.8. The standard InChI is InChI=1S/C24H26N2O2S2/c1-15(7-16-5-3-2-4-6-16)8-20-21(27)26(23(29)30-20)25-22(28)24-12-17-9-18(13-24)11-19(10-17)14-24/h2-8,17-19H,9-14H2,1H3,(H,25,28)/b15-7+,20-8+. The van der Waals surface area contributed by atoms with Gasteiger partial charge in [-0.2, -0.15) is 5.01 Å². The molecule has 1 heterocycles. The van der Waals surface area contributed by atoms with Crippen molar-refractivity contribution in [1.29, 1.82) is 0 Å². The fraction of sp³-hybridized carbons (Fsp3) is 0.458. The van der Waals surface area contributed by atoms with Crippen LogP contribution in [-0.2, 0) is 9.59 Å². The lowest BCUT2D eigenvalue weighted by atomic mass is 9.49. The second kappa shape index (κ2) is 7.65. The summed E-state index contributed by atoms with van der Waals surface area (Å²) >= 11 is 6.68. The molecule has 4 aliphatic carbocycles. The van der Waals surface area contributed by atoms with Crippen LogP contribution in [-0.4, -0.2) is 21.1 Å². The minimum absolute atomic E-state index is 0.00398. The van der Waals surface area contributed by atoms with Crippen LogP contribution in [0.2, 0.25) is 0 Å². The first-order valence-electron chi connectivity index (χ1n) is 10.7. The van der Waals surface area contributed by atoms with Gasteiger partial charge < -0.3 is 0 Å². The second-order valence-corrected chi connectivity index (χ2v) is 11.1. The van der Waals surface area contributed by atoms with E-state index in [0.29, 0.717) is 27.0 Å². The number of nitrogens with one attached hydrogen (secondary N) is 1. The molecule has 0 atom stereocenters. The summed E-state index contributed by atoms with van der Waals surface area (Å²) in [5.41, 5.74) is 4.66. The molecule has 1 aromatic rings. The van der Waals surface area contributed by atoms with Gasteiger partial charge in [0.05, 0.1) is 10.3 Å². The molecule has 4 bridgehead atoms. The Bertz CT molecular complexity index is 931. The number of rotatable bonds is 4. The minimum atomic E-state index is -0.301. The zero-order valence-corrected chi connectivity index (χ0v) is 18.7. The quantitative estimate of drug-likeness (QED) is 0.526. The Kier molecular flexibility index (Phi) is 5.10. The van der Waals surface area contributed by atoms with Crippen LogP contribution in [0.15, 0.2) is 46.9 Å². The molecule has 1 saturated heterocycles. The van der Waals surface area contributed by atoms with Crippen LogP contribution in [0, 0.1) is 23.2 Å². The minimum Gasteiger partial charge on any atom is -0.273 e. The average molecular weight is 439 g/mol. The van der Waals surface area contributed by atoms with E-state index < -0.39 is 0 Å². The van der Waals surface area contributed by atoms with Crippen molar-refractivity contribution in [3.05, 3.63) is 52.4 Å². The number of carbonyl (C=O) groups is 2. The van der Waals surface area contributed by atoms with Gasteiger partial charge in [0, 0.05) is 0 Å². The van der Waals surface area contributed by atoms with E-state index in [9.17, 15) is 9.59 Å². The molecule has 1 aliphatic heterocycles. The summed E-state index contributed by atoms with van der Waals surface area (Å²) in [6.45, 7) is 1.97. The number of carbonyl (C=O) groups excluding carboxylic acids is 2. The lowest BCUT2D eigenvalue weighted by molar-refractivity contribution is -0.152. The molecule has 5 fully saturated rings. The van der Waals surface area contributed by atoms with E-state index in [0.717, 1.165) is 30.4 Å². The van der Waals surface area contributed by atoms with Crippen molar-refractivity contribution in [2.75, 3.05) is 0 Å². The van der Waals surface area contributed by atoms with Crippen LogP contribution in [0.3, 0.4) is 0 Å². The zero-order valence-electron chi connectivity index (χ0n) is 17.1. The first-order valence-corrected chi connectivity index (χ1v) is 12.0. The number of thioether (sulfide) groups is 1. The van der Waals surface area contributed by atoms with E-state index in [1.54, 1.807) is 0 Å². The molecule has 5 aliphatic rings. The Morgan fingerprint density at radius 3 is 2.33 bits per heavy atom. The van der Waals surface area contributed by atoms with Crippen LogP contribution in [0.25, 0.3) is 6.08 Å². The molecule has 2 amide bonds. The molecule has 4 nitrogen and oxygen atoms in total. The van der Waals surface area contributed by atoms with Gasteiger partial charge in [-0.1, -0.05) is 48.2 Å². The zero-order chi connectivity index (χ0) is 20.9. The summed E-state index contributed by atoms with van der Waals surface area (Å²) in [6, 6.07) is 9.99. The van der Waals surface area contributed by atoms with Crippen molar-refractivity contribution < 1.29 is 9.59 Å². The summed E-state index contributed by atoms with van der Waals surface area (Å²) in [5, 5.41) is 1.29. The first-order chi connectivity index (χ1) is 14.4. The highest BCUT2D eigenvalue weighted by Crippen LogP contribution is 2.60. The average Bonchev–Trinajstić information content (AvgIpc) is 2.95. The Morgan fingerprint density at radius 2 is 1.73 bits per heavy atom. The normalized spacial score (nSPS) is 34.2. The molecule has 1 N–H and O–H groups in total. The molecule has 0 aromatic heterocycles. The number of allylic oxidation sites excluding steroid dienone is 2. The third kappa shape index (κ3) is 3.65. The summed E-state index contributed by atoms with van der Waals surface area (Å²) in [5.74, 6) is 1.80. The summed E-state index contributed by atoms with van der Waals surface area (Å²) < 4.78 is 0.400. The molecule has 156 valence electrons. The van der Waals surface area contributed by atoms with Crippen LogP contribution in [0.1, 0.15) is 51.0 Å². The maximum Gasteiger partial charge on any atom is 0.285 e. The summed E-state index contributed by atoms with van der Waals surface area (Å²) in [7, 11) is 0. The van der Waals surface area contributed by atoms with Crippen molar-refractivity contribution in [1.82, 2.24) is 10.4 Å². The number of amides is 2. The van der Waals surface area contributed by atoms with Crippen LogP contribution < -0.4 is 5.43 Å². The molecule has 0 unspecified atom stereocenters. The lowest BCUT2D eigenvalue weighted by Crippen LogP contribution is -2.57.